The fourth-order valence-electron chi connectivity index (χ4n) is 2.81. The minimum atomic E-state index is -0.800. The minimum Gasteiger partial charge on any atom is -0.466 e. The largest absolute Gasteiger partial charge is 0.466 e. The molecule has 4 nitrogen and oxygen atoms in total. The highest BCUT2D eigenvalue weighted by molar-refractivity contribution is 5.85. The normalized spacial score (nSPS) is 15.5. The zero-order chi connectivity index (χ0) is 14.6. The number of ether oxygens (including phenoxy) is 2. The number of benzene rings is 1. The number of carbonyl (C=O) groups excluding carboxylic acids is 2. The molecule has 0 aliphatic heterocycles. The first-order valence-electron chi connectivity index (χ1n) is 7.01. The van der Waals surface area contributed by atoms with Crippen molar-refractivity contribution in [3.05, 3.63) is 35.4 Å². The maximum atomic E-state index is 12.3. The summed E-state index contributed by atoms with van der Waals surface area (Å²) in [4.78, 5) is 24.2. The van der Waals surface area contributed by atoms with Gasteiger partial charge in [-0.05, 0) is 37.8 Å². The quantitative estimate of drug-likeness (QED) is 0.774. The monoisotopic (exact) mass is 276 g/mol. The first-order chi connectivity index (χ1) is 9.61. The maximum Gasteiger partial charge on any atom is 0.313 e. The number of hydrogen-bond donors (Lipinski definition) is 0. The summed E-state index contributed by atoms with van der Waals surface area (Å²) in [5, 5.41) is 0. The average molecular weight is 276 g/mol. The minimum absolute atomic E-state index is 0.0777. The molecule has 1 aliphatic rings. The van der Waals surface area contributed by atoms with Gasteiger partial charge in [-0.3, -0.25) is 9.59 Å². The van der Waals surface area contributed by atoms with E-state index in [2.05, 4.69) is 0 Å². The van der Waals surface area contributed by atoms with Crippen molar-refractivity contribution in [2.24, 2.45) is 5.41 Å². The molecule has 0 radical (unpaired) electrons. The molecule has 1 aromatic carbocycles. The van der Waals surface area contributed by atoms with Crippen LogP contribution < -0.4 is 0 Å². The second-order valence-corrected chi connectivity index (χ2v) is 5.10. The Kier molecular flexibility index (Phi) is 4.42. The van der Waals surface area contributed by atoms with Gasteiger partial charge in [0.2, 0.25) is 0 Å². The summed E-state index contributed by atoms with van der Waals surface area (Å²) in [6.45, 7) is 4.18. The third-order valence-corrected chi connectivity index (χ3v) is 3.67. The van der Waals surface area contributed by atoms with Crippen molar-refractivity contribution >= 4 is 11.9 Å². The molecule has 1 aromatic rings. The number of esters is 2. The Morgan fingerprint density at radius 2 is 1.60 bits per heavy atom. The van der Waals surface area contributed by atoms with Crippen LogP contribution in [0.15, 0.2) is 24.3 Å². The third kappa shape index (κ3) is 2.84. The van der Waals surface area contributed by atoms with Crippen LogP contribution in [0.1, 0.15) is 31.4 Å². The molecule has 108 valence electrons. The topological polar surface area (TPSA) is 52.6 Å². The van der Waals surface area contributed by atoms with Crippen LogP contribution in [0.5, 0.6) is 0 Å². The number of rotatable bonds is 5. The summed E-state index contributed by atoms with van der Waals surface area (Å²) in [6.07, 6.45) is 1.16. The van der Waals surface area contributed by atoms with Crippen LogP contribution in [0.3, 0.4) is 0 Å². The predicted molar refractivity (Wildman–Crippen MR) is 74.2 cm³/mol. The predicted octanol–water partition coefficient (Wildman–Crippen LogP) is 2.29. The van der Waals surface area contributed by atoms with Crippen molar-refractivity contribution in [1.29, 1.82) is 0 Å². The number of carbonyl (C=O) groups is 2. The van der Waals surface area contributed by atoms with Gasteiger partial charge in [0.25, 0.3) is 0 Å². The molecule has 0 bridgehead atoms. The summed E-state index contributed by atoms with van der Waals surface area (Å²) >= 11 is 0. The summed E-state index contributed by atoms with van der Waals surface area (Å²) < 4.78 is 10.2. The van der Waals surface area contributed by atoms with Crippen molar-refractivity contribution in [2.75, 3.05) is 13.2 Å². The van der Waals surface area contributed by atoms with E-state index in [1.165, 1.54) is 0 Å². The van der Waals surface area contributed by atoms with Gasteiger partial charge in [-0.15, -0.1) is 0 Å². The third-order valence-electron chi connectivity index (χ3n) is 3.67. The van der Waals surface area contributed by atoms with E-state index in [1.54, 1.807) is 13.8 Å². The van der Waals surface area contributed by atoms with E-state index in [4.69, 9.17) is 9.47 Å². The van der Waals surface area contributed by atoms with Gasteiger partial charge < -0.3 is 9.47 Å². The standard InChI is InChI=1S/C16H20O4/c1-3-19-14(17)11-16(15(18)20-4-2)9-12-7-5-6-8-13(12)10-16/h5-8H,3-4,9-11H2,1-2H3. The molecule has 0 saturated heterocycles. The lowest BCUT2D eigenvalue weighted by atomic mass is 9.81. The van der Waals surface area contributed by atoms with Gasteiger partial charge in [0.1, 0.15) is 0 Å². The van der Waals surface area contributed by atoms with Crippen molar-refractivity contribution < 1.29 is 19.1 Å². The summed E-state index contributed by atoms with van der Waals surface area (Å²) in [5.41, 5.74) is 1.43. The zero-order valence-corrected chi connectivity index (χ0v) is 12.0. The van der Waals surface area contributed by atoms with Crippen LogP contribution in [0.2, 0.25) is 0 Å². The van der Waals surface area contributed by atoms with Gasteiger partial charge in [0.15, 0.2) is 0 Å². The zero-order valence-electron chi connectivity index (χ0n) is 12.0. The lowest BCUT2D eigenvalue weighted by molar-refractivity contribution is -0.161. The molecule has 20 heavy (non-hydrogen) atoms. The van der Waals surface area contributed by atoms with E-state index >= 15 is 0 Å². The SMILES string of the molecule is CCOC(=O)CC1(C(=O)OCC)Cc2ccccc2C1. The van der Waals surface area contributed by atoms with E-state index in [9.17, 15) is 9.59 Å². The van der Waals surface area contributed by atoms with Crippen LogP contribution in [-0.4, -0.2) is 25.2 Å². The highest BCUT2D eigenvalue weighted by atomic mass is 16.5. The van der Waals surface area contributed by atoms with E-state index in [0.29, 0.717) is 26.1 Å². The Labute approximate surface area is 119 Å². The molecule has 0 fully saturated rings. The van der Waals surface area contributed by atoms with Crippen molar-refractivity contribution in [1.82, 2.24) is 0 Å². The molecule has 0 heterocycles. The second-order valence-electron chi connectivity index (χ2n) is 5.10. The van der Waals surface area contributed by atoms with E-state index in [-0.39, 0.29) is 18.4 Å². The second kappa shape index (κ2) is 6.07. The van der Waals surface area contributed by atoms with Crippen LogP contribution in [0, 0.1) is 5.41 Å². The van der Waals surface area contributed by atoms with E-state index in [1.807, 2.05) is 24.3 Å². The van der Waals surface area contributed by atoms with Crippen LogP contribution in [0.25, 0.3) is 0 Å². The van der Waals surface area contributed by atoms with E-state index in [0.717, 1.165) is 11.1 Å². The van der Waals surface area contributed by atoms with Crippen LogP contribution in [-0.2, 0) is 31.9 Å². The molecule has 1 aliphatic carbocycles. The number of fused-ring (bicyclic) bond motifs is 1. The Hall–Kier alpha value is -1.84. The van der Waals surface area contributed by atoms with Crippen molar-refractivity contribution in [2.45, 2.75) is 33.1 Å². The fraction of sp³-hybridized carbons (Fsp3) is 0.500. The fourth-order valence-corrected chi connectivity index (χ4v) is 2.81. The van der Waals surface area contributed by atoms with Gasteiger partial charge in [0, 0.05) is 0 Å². The molecule has 0 atom stereocenters. The lowest BCUT2D eigenvalue weighted by Gasteiger charge is -2.25. The molecular formula is C16H20O4. The molecule has 0 unspecified atom stereocenters. The van der Waals surface area contributed by atoms with Gasteiger partial charge >= 0.3 is 11.9 Å². The molecule has 4 heteroatoms. The molecule has 0 saturated carbocycles. The summed E-state index contributed by atoms with van der Waals surface area (Å²) in [6, 6.07) is 7.90. The van der Waals surface area contributed by atoms with Gasteiger partial charge in [-0.1, -0.05) is 24.3 Å². The van der Waals surface area contributed by atoms with Crippen molar-refractivity contribution in [3.8, 4) is 0 Å². The van der Waals surface area contributed by atoms with Gasteiger partial charge in [-0.2, -0.15) is 0 Å². The highest BCUT2D eigenvalue weighted by Gasteiger charge is 2.46. The Balaban J connectivity index is 2.24. The van der Waals surface area contributed by atoms with Gasteiger partial charge in [0.05, 0.1) is 25.0 Å². The lowest BCUT2D eigenvalue weighted by Crippen LogP contribution is -2.36. The maximum absolute atomic E-state index is 12.3. The van der Waals surface area contributed by atoms with Crippen LogP contribution in [0.4, 0.5) is 0 Å². The molecule has 0 N–H and O–H groups in total. The smallest absolute Gasteiger partial charge is 0.313 e. The Bertz CT molecular complexity index is 482. The average Bonchev–Trinajstić information content (AvgIpc) is 2.78. The number of hydrogen-bond acceptors (Lipinski definition) is 4. The van der Waals surface area contributed by atoms with E-state index < -0.39 is 5.41 Å². The summed E-state index contributed by atoms with van der Waals surface area (Å²) in [5.74, 6) is -0.641. The van der Waals surface area contributed by atoms with Gasteiger partial charge in [-0.25, -0.2) is 0 Å². The molecule has 0 spiro atoms. The summed E-state index contributed by atoms with van der Waals surface area (Å²) in [7, 11) is 0. The van der Waals surface area contributed by atoms with Crippen molar-refractivity contribution in [3.63, 3.8) is 0 Å². The molecular weight excluding hydrogens is 256 g/mol. The van der Waals surface area contributed by atoms with Crippen LogP contribution >= 0.6 is 0 Å². The first kappa shape index (κ1) is 14.6. The highest BCUT2D eigenvalue weighted by Crippen LogP contribution is 2.41. The Morgan fingerprint density at radius 1 is 1.05 bits per heavy atom. The molecule has 0 aromatic heterocycles. The molecule has 0 amide bonds. The molecule has 2 rings (SSSR count). The Morgan fingerprint density at radius 3 is 2.10 bits per heavy atom. The first-order valence-corrected chi connectivity index (χ1v) is 7.01.